The largest absolute Gasteiger partial charge is 0.454 e. The molecule has 0 radical (unpaired) electrons. The first-order chi connectivity index (χ1) is 12.5. The first-order valence-corrected chi connectivity index (χ1v) is 7.75. The standard InChI is InChI=1S/C15H15F3N6O2/c16-15(17,18)10-26-14-20-12(23-22-11-4-2-1-3-5-11)19-13(21-14)24-6-8-25-9-7-24/h1-5H,6-10H2. The lowest BCUT2D eigenvalue weighted by molar-refractivity contribution is -0.154. The second-order valence-electron chi connectivity index (χ2n) is 5.26. The van der Waals surface area contributed by atoms with Crippen LogP contribution in [-0.4, -0.2) is 54.0 Å². The van der Waals surface area contributed by atoms with Crippen LogP contribution in [0.3, 0.4) is 0 Å². The maximum absolute atomic E-state index is 12.4. The number of ether oxygens (including phenoxy) is 2. The van der Waals surface area contributed by atoms with Gasteiger partial charge in [-0.15, -0.1) is 10.2 Å². The van der Waals surface area contributed by atoms with Gasteiger partial charge < -0.3 is 14.4 Å². The maximum atomic E-state index is 12.4. The number of benzene rings is 1. The average molecular weight is 368 g/mol. The maximum Gasteiger partial charge on any atom is 0.422 e. The summed E-state index contributed by atoms with van der Waals surface area (Å²) >= 11 is 0. The van der Waals surface area contributed by atoms with Crippen molar-refractivity contribution in [3.05, 3.63) is 30.3 Å². The predicted molar refractivity (Wildman–Crippen MR) is 85.0 cm³/mol. The summed E-state index contributed by atoms with van der Waals surface area (Å²) in [6, 6.07) is 8.35. The van der Waals surface area contributed by atoms with Crippen LogP contribution in [0.2, 0.25) is 0 Å². The molecule has 0 atom stereocenters. The zero-order chi connectivity index (χ0) is 18.4. The van der Waals surface area contributed by atoms with Crippen molar-refractivity contribution in [1.29, 1.82) is 0 Å². The Morgan fingerprint density at radius 3 is 2.46 bits per heavy atom. The molecule has 26 heavy (non-hydrogen) atoms. The minimum absolute atomic E-state index is 0.137. The number of halogens is 3. The van der Waals surface area contributed by atoms with Gasteiger partial charge in [0.1, 0.15) is 0 Å². The number of aromatic nitrogens is 3. The van der Waals surface area contributed by atoms with Gasteiger partial charge in [0, 0.05) is 13.1 Å². The minimum atomic E-state index is -4.50. The lowest BCUT2D eigenvalue weighted by atomic mass is 10.3. The molecule has 1 fully saturated rings. The minimum Gasteiger partial charge on any atom is -0.454 e. The lowest BCUT2D eigenvalue weighted by Crippen LogP contribution is -2.37. The molecular weight excluding hydrogens is 353 g/mol. The molecule has 8 nitrogen and oxygen atoms in total. The van der Waals surface area contributed by atoms with Gasteiger partial charge >= 0.3 is 12.2 Å². The van der Waals surface area contributed by atoms with Gasteiger partial charge in [-0.1, -0.05) is 18.2 Å². The number of morpholine rings is 1. The highest BCUT2D eigenvalue weighted by atomic mass is 19.4. The van der Waals surface area contributed by atoms with Crippen LogP contribution in [0.25, 0.3) is 0 Å². The molecule has 1 aliphatic heterocycles. The first kappa shape index (κ1) is 18.0. The Morgan fingerprint density at radius 2 is 1.77 bits per heavy atom. The van der Waals surface area contributed by atoms with Gasteiger partial charge in [0.15, 0.2) is 6.61 Å². The van der Waals surface area contributed by atoms with E-state index in [1.807, 2.05) is 6.07 Å². The summed E-state index contributed by atoms with van der Waals surface area (Å²) < 4.78 is 47.1. The average Bonchev–Trinajstić information content (AvgIpc) is 2.66. The van der Waals surface area contributed by atoms with E-state index in [4.69, 9.17) is 4.74 Å². The Hall–Kier alpha value is -2.82. The summed E-state index contributed by atoms with van der Waals surface area (Å²) in [5.74, 6) is 0.0324. The van der Waals surface area contributed by atoms with E-state index in [1.54, 1.807) is 29.2 Å². The molecule has 1 aromatic heterocycles. The summed E-state index contributed by atoms with van der Waals surface area (Å²) in [5.41, 5.74) is 0.554. The smallest absolute Gasteiger partial charge is 0.422 e. The number of rotatable bonds is 5. The first-order valence-electron chi connectivity index (χ1n) is 7.75. The molecule has 1 aliphatic rings. The van der Waals surface area contributed by atoms with E-state index in [9.17, 15) is 13.2 Å². The van der Waals surface area contributed by atoms with Gasteiger partial charge in [-0.2, -0.15) is 28.1 Å². The zero-order valence-corrected chi connectivity index (χ0v) is 13.6. The van der Waals surface area contributed by atoms with Crippen molar-refractivity contribution in [2.24, 2.45) is 10.2 Å². The Labute approximate surface area is 146 Å². The third kappa shape index (κ3) is 5.34. The topological polar surface area (TPSA) is 85.1 Å². The van der Waals surface area contributed by atoms with E-state index >= 15 is 0 Å². The van der Waals surface area contributed by atoms with Crippen molar-refractivity contribution in [2.75, 3.05) is 37.8 Å². The molecule has 0 N–H and O–H groups in total. The third-order valence-corrected chi connectivity index (χ3v) is 3.26. The molecule has 138 valence electrons. The molecule has 0 saturated carbocycles. The second kappa shape index (κ2) is 8.04. The predicted octanol–water partition coefficient (Wildman–Crippen LogP) is 3.06. The molecule has 2 heterocycles. The van der Waals surface area contributed by atoms with Gasteiger partial charge in [0.25, 0.3) is 5.95 Å². The van der Waals surface area contributed by atoms with Gasteiger partial charge in [-0.05, 0) is 12.1 Å². The molecule has 11 heteroatoms. The normalized spacial score (nSPS) is 15.4. The Bertz CT molecular complexity index is 751. The molecule has 0 bridgehead atoms. The third-order valence-electron chi connectivity index (χ3n) is 3.26. The van der Waals surface area contributed by atoms with E-state index in [-0.39, 0.29) is 11.9 Å². The fraction of sp³-hybridized carbons (Fsp3) is 0.400. The number of alkyl halides is 3. The molecule has 1 aromatic carbocycles. The van der Waals surface area contributed by atoms with E-state index in [0.717, 1.165) is 0 Å². The van der Waals surface area contributed by atoms with Crippen molar-refractivity contribution >= 4 is 17.6 Å². The number of anilines is 1. The van der Waals surface area contributed by atoms with E-state index in [0.29, 0.717) is 32.0 Å². The van der Waals surface area contributed by atoms with Crippen LogP contribution in [0.4, 0.5) is 30.8 Å². The van der Waals surface area contributed by atoms with Crippen LogP contribution in [0.5, 0.6) is 6.01 Å². The summed E-state index contributed by atoms with van der Waals surface area (Å²) in [6.45, 7) is 0.418. The van der Waals surface area contributed by atoms with E-state index < -0.39 is 18.8 Å². The molecule has 0 unspecified atom stereocenters. The Morgan fingerprint density at radius 1 is 1.04 bits per heavy atom. The molecule has 0 amide bonds. The van der Waals surface area contributed by atoms with Crippen molar-refractivity contribution in [3.8, 4) is 6.01 Å². The highest BCUT2D eigenvalue weighted by molar-refractivity contribution is 5.38. The van der Waals surface area contributed by atoms with Gasteiger partial charge in [0.05, 0.1) is 18.9 Å². The lowest BCUT2D eigenvalue weighted by Gasteiger charge is -2.26. The van der Waals surface area contributed by atoms with Crippen molar-refractivity contribution in [1.82, 2.24) is 15.0 Å². The molecule has 0 aliphatic carbocycles. The van der Waals surface area contributed by atoms with E-state index in [1.165, 1.54) is 0 Å². The van der Waals surface area contributed by atoms with Crippen LogP contribution in [-0.2, 0) is 4.74 Å². The molecule has 0 spiro atoms. The van der Waals surface area contributed by atoms with Crippen molar-refractivity contribution in [3.63, 3.8) is 0 Å². The van der Waals surface area contributed by atoms with Crippen molar-refractivity contribution in [2.45, 2.75) is 6.18 Å². The highest BCUT2D eigenvalue weighted by Gasteiger charge is 2.29. The molecule has 2 aromatic rings. The molecular formula is C15H15F3N6O2. The monoisotopic (exact) mass is 368 g/mol. The Balaban J connectivity index is 1.85. The number of nitrogens with zero attached hydrogens (tertiary/aromatic N) is 6. The summed E-state index contributed by atoms with van der Waals surface area (Å²) in [5, 5.41) is 7.84. The second-order valence-corrected chi connectivity index (χ2v) is 5.26. The summed E-state index contributed by atoms with van der Waals surface area (Å²) in [7, 11) is 0. The molecule has 1 saturated heterocycles. The quantitative estimate of drug-likeness (QED) is 0.754. The SMILES string of the molecule is FC(F)(F)COc1nc(N=Nc2ccccc2)nc(N2CCOCC2)n1. The summed E-state index contributed by atoms with van der Waals surface area (Å²) in [6.07, 6.45) is -4.50. The van der Waals surface area contributed by atoms with Crippen LogP contribution in [0.15, 0.2) is 40.6 Å². The number of hydrogen-bond acceptors (Lipinski definition) is 8. The van der Waals surface area contributed by atoms with Crippen LogP contribution < -0.4 is 9.64 Å². The van der Waals surface area contributed by atoms with Gasteiger partial charge in [-0.3, -0.25) is 0 Å². The summed E-state index contributed by atoms with van der Waals surface area (Å²) in [4.78, 5) is 13.6. The molecule has 3 rings (SSSR count). The fourth-order valence-electron chi connectivity index (χ4n) is 2.09. The number of hydrogen-bond donors (Lipinski definition) is 0. The zero-order valence-electron chi connectivity index (χ0n) is 13.6. The van der Waals surface area contributed by atoms with Crippen LogP contribution in [0, 0.1) is 0 Å². The Kier molecular flexibility index (Phi) is 5.56. The number of azo groups is 1. The van der Waals surface area contributed by atoms with Gasteiger partial charge in [-0.25, -0.2) is 0 Å². The van der Waals surface area contributed by atoms with Crippen molar-refractivity contribution < 1.29 is 22.6 Å². The van der Waals surface area contributed by atoms with Gasteiger partial charge in [0.2, 0.25) is 5.95 Å². The fourth-order valence-corrected chi connectivity index (χ4v) is 2.09. The van der Waals surface area contributed by atoms with E-state index in [2.05, 4.69) is 29.9 Å². The van der Waals surface area contributed by atoms with Crippen LogP contribution >= 0.6 is 0 Å². The van der Waals surface area contributed by atoms with Crippen LogP contribution in [0.1, 0.15) is 0 Å². The highest BCUT2D eigenvalue weighted by Crippen LogP contribution is 2.22.